The maximum Gasteiger partial charge on any atom is 0.185 e. The molecule has 1 heterocycles. The molecule has 4 nitrogen and oxygen atoms in total. The molecular weight excluding hydrogens is 200 g/mol. The van der Waals surface area contributed by atoms with Crippen molar-refractivity contribution in [3.8, 4) is 0 Å². The number of thiazole rings is 1. The Hall–Kier alpha value is -0.940. The maximum atomic E-state index is 10.4. The topological polar surface area (TPSA) is 42.4 Å². The van der Waals surface area contributed by atoms with Crippen LogP contribution in [0.3, 0.4) is 0 Å². The van der Waals surface area contributed by atoms with Gasteiger partial charge in [-0.15, -0.1) is 0 Å². The van der Waals surface area contributed by atoms with Gasteiger partial charge >= 0.3 is 0 Å². The van der Waals surface area contributed by atoms with Crippen LogP contribution in [0.2, 0.25) is 0 Å². The molecule has 0 aromatic carbocycles. The third-order valence-electron chi connectivity index (χ3n) is 1.73. The van der Waals surface area contributed by atoms with Crippen LogP contribution in [0.15, 0.2) is 6.20 Å². The molecule has 0 spiro atoms. The molecule has 0 saturated carbocycles. The van der Waals surface area contributed by atoms with E-state index in [4.69, 9.17) is 4.74 Å². The Labute approximate surface area is 87.5 Å². The number of hydrogen-bond donors (Lipinski definition) is 0. The summed E-state index contributed by atoms with van der Waals surface area (Å²) >= 11 is 1.39. The van der Waals surface area contributed by atoms with Crippen molar-refractivity contribution >= 4 is 22.8 Å². The largest absolute Gasteiger partial charge is 0.380 e. The minimum atomic E-state index is 0.656. The first-order chi connectivity index (χ1) is 6.77. The van der Waals surface area contributed by atoms with Gasteiger partial charge in [0, 0.05) is 20.2 Å². The van der Waals surface area contributed by atoms with Crippen molar-refractivity contribution in [3.05, 3.63) is 11.1 Å². The second-order valence-corrected chi connectivity index (χ2v) is 3.82. The predicted octanol–water partition coefficient (Wildman–Crippen LogP) is 1.43. The number of likely N-dealkylation sites (N-methyl/N-ethyl adjacent to an activating group) is 1. The molecule has 78 valence electrons. The van der Waals surface area contributed by atoms with E-state index in [-0.39, 0.29) is 0 Å². The van der Waals surface area contributed by atoms with Crippen molar-refractivity contribution in [2.45, 2.75) is 6.92 Å². The van der Waals surface area contributed by atoms with Crippen LogP contribution in [0.1, 0.15) is 16.6 Å². The first-order valence-electron chi connectivity index (χ1n) is 4.47. The van der Waals surface area contributed by atoms with Crippen LogP contribution < -0.4 is 4.90 Å². The monoisotopic (exact) mass is 214 g/mol. The molecule has 1 aromatic rings. The normalized spacial score (nSPS) is 10.1. The molecular formula is C9H14N2O2S. The third kappa shape index (κ3) is 3.08. The lowest BCUT2D eigenvalue weighted by atomic mass is 10.6. The summed E-state index contributed by atoms with van der Waals surface area (Å²) in [4.78, 5) is 17.2. The molecule has 0 aliphatic carbocycles. The van der Waals surface area contributed by atoms with Crippen molar-refractivity contribution in [1.82, 2.24) is 4.98 Å². The van der Waals surface area contributed by atoms with Crippen molar-refractivity contribution in [2.24, 2.45) is 0 Å². The first-order valence-corrected chi connectivity index (χ1v) is 5.29. The van der Waals surface area contributed by atoms with Crippen LogP contribution in [0, 0.1) is 0 Å². The molecule has 0 amide bonds. The van der Waals surface area contributed by atoms with Gasteiger partial charge in [-0.25, -0.2) is 4.98 Å². The van der Waals surface area contributed by atoms with Crippen LogP contribution in [0.25, 0.3) is 0 Å². The van der Waals surface area contributed by atoms with Gasteiger partial charge in [0.1, 0.15) is 0 Å². The van der Waals surface area contributed by atoms with Crippen molar-refractivity contribution in [3.63, 3.8) is 0 Å². The first kappa shape index (κ1) is 11.1. The summed E-state index contributed by atoms with van der Waals surface area (Å²) in [5.41, 5.74) is 0. The highest BCUT2D eigenvalue weighted by molar-refractivity contribution is 7.17. The van der Waals surface area contributed by atoms with E-state index in [1.165, 1.54) is 11.3 Å². The summed E-state index contributed by atoms with van der Waals surface area (Å²) in [7, 11) is 1.94. The summed E-state index contributed by atoms with van der Waals surface area (Å²) in [6.07, 6.45) is 2.40. The lowest BCUT2D eigenvalue weighted by Crippen LogP contribution is -2.22. The van der Waals surface area contributed by atoms with E-state index in [0.29, 0.717) is 11.5 Å². The molecule has 0 N–H and O–H groups in total. The molecule has 0 aliphatic heterocycles. The average molecular weight is 214 g/mol. The van der Waals surface area contributed by atoms with Crippen LogP contribution in [-0.2, 0) is 4.74 Å². The lowest BCUT2D eigenvalue weighted by molar-refractivity contribution is 0.112. The molecule has 0 atom stereocenters. The molecule has 0 fully saturated rings. The van der Waals surface area contributed by atoms with Gasteiger partial charge in [0.25, 0.3) is 0 Å². The number of hydrogen-bond acceptors (Lipinski definition) is 5. The zero-order valence-electron chi connectivity index (χ0n) is 8.40. The summed E-state index contributed by atoms with van der Waals surface area (Å²) in [5.74, 6) is 0. The number of carbonyl (C=O) groups excluding carboxylic acids is 1. The number of carbonyl (C=O) groups is 1. The summed E-state index contributed by atoms with van der Waals surface area (Å²) < 4.78 is 5.22. The van der Waals surface area contributed by atoms with E-state index in [1.807, 2.05) is 18.9 Å². The van der Waals surface area contributed by atoms with Crippen LogP contribution >= 0.6 is 11.3 Å². The van der Waals surface area contributed by atoms with Crippen LogP contribution in [0.5, 0.6) is 0 Å². The zero-order chi connectivity index (χ0) is 10.4. The Morgan fingerprint density at radius 1 is 1.71 bits per heavy atom. The molecule has 5 heteroatoms. The highest BCUT2D eigenvalue weighted by atomic mass is 32.1. The van der Waals surface area contributed by atoms with E-state index in [2.05, 4.69) is 4.98 Å². The Morgan fingerprint density at radius 2 is 2.50 bits per heavy atom. The molecule has 0 saturated heterocycles. The second kappa shape index (κ2) is 5.72. The highest BCUT2D eigenvalue weighted by Gasteiger charge is 2.05. The standard InChI is InChI=1S/C9H14N2O2S/c1-3-13-5-4-11(2)9-10-6-8(7-12)14-9/h6-7H,3-5H2,1-2H3. The maximum absolute atomic E-state index is 10.4. The SMILES string of the molecule is CCOCCN(C)c1ncc(C=O)s1. The molecule has 0 aliphatic rings. The van der Waals surface area contributed by atoms with E-state index in [9.17, 15) is 4.79 Å². The van der Waals surface area contributed by atoms with E-state index in [0.717, 1.165) is 24.6 Å². The van der Waals surface area contributed by atoms with Gasteiger partial charge in [-0.2, -0.15) is 0 Å². The predicted molar refractivity (Wildman–Crippen MR) is 57.3 cm³/mol. The molecule has 1 aromatic heterocycles. The Kier molecular flexibility index (Phi) is 4.55. The number of anilines is 1. The smallest absolute Gasteiger partial charge is 0.185 e. The minimum absolute atomic E-state index is 0.656. The lowest BCUT2D eigenvalue weighted by Gasteiger charge is -2.14. The van der Waals surface area contributed by atoms with Crippen LogP contribution in [0.4, 0.5) is 5.13 Å². The molecule has 1 rings (SSSR count). The van der Waals surface area contributed by atoms with Gasteiger partial charge in [0.15, 0.2) is 11.4 Å². The zero-order valence-corrected chi connectivity index (χ0v) is 9.21. The fraction of sp³-hybridized carbons (Fsp3) is 0.556. The van der Waals surface area contributed by atoms with Gasteiger partial charge in [0.05, 0.1) is 17.7 Å². The van der Waals surface area contributed by atoms with Gasteiger partial charge in [-0.05, 0) is 6.92 Å². The van der Waals surface area contributed by atoms with E-state index in [1.54, 1.807) is 6.20 Å². The number of aromatic nitrogens is 1. The molecule has 0 unspecified atom stereocenters. The average Bonchev–Trinajstić information content (AvgIpc) is 2.66. The third-order valence-corrected chi connectivity index (χ3v) is 2.77. The number of nitrogens with zero attached hydrogens (tertiary/aromatic N) is 2. The van der Waals surface area contributed by atoms with Crippen molar-refractivity contribution < 1.29 is 9.53 Å². The van der Waals surface area contributed by atoms with Crippen LogP contribution in [-0.4, -0.2) is 38.1 Å². The summed E-state index contributed by atoms with van der Waals surface area (Å²) in [6, 6.07) is 0. The quantitative estimate of drug-likeness (QED) is 0.530. The highest BCUT2D eigenvalue weighted by Crippen LogP contribution is 2.19. The second-order valence-electron chi connectivity index (χ2n) is 2.78. The summed E-state index contributed by atoms with van der Waals surface area (Å²) in [5, 5.41) is 0.854. The van der Waals surface area contributed by atoms with Gasteiger partial charge in [0.2, 0.25) is 0 Å². The van der Waals surface area contributed by atoms with E-state index < -0.39 is 0 Å². The van der Waals surface area contributed by atoms with Gasteiger partial charge in [-0.1, -0.05) is 11.3 Å². The Morgan fingerprint density at radius 3 is 3.07 bits per heavy atom. The fourth-order valence-electron chi connectivity index (χ4n) is 0.949. The number of rotatable bonds is 6. The number of aldehydes is 1. The molecule has 0 bridgehead atoms. The van der Waals surface area contributed by atoms with Gasteiger partial charge in [-0.3, -0.25) is 4.79 Å². The van der Waals surface area contributed by atoms with Crippen molar-refractivity contribution in [1.29, 1.82) is 0 Å². The van der Waals surface area contributed by atoms with Crippen molar-refractivity contribution in [2.75, 3.05) is 31.7 Å². The Balaban J connectivity index is 2.43. The number of ether oxygens (including phenoxy) is 1. The molecule has 14 heavy (non-hydrogen) atoms. The fourth-order valence-corrected chi connectivity index (χ4v) is 1.67. The minimum Gasteiger partial charge on any atom is -0.380 e. The van der Waals surface area contributed by atoms with E-state index >= 15 is 0 Å². The Bertz CT molecular complexity index is 288. The summed E-state index contributed by atoms with van der Waals surface area (Å²) in [6.45, 7) is 4.17. The molecule has 0 radical (unpaired) electrons. The van der Waals surface area contributed by atoms with Gasteiger partial charge < -0.3 is 9.64 Å².